The second-order valence-electron chi connectivity index (χ2n) is 6.12. The Balaban J connectivity index is 3.93. The molecule has 5 nitrogen and oxygen atoms in total. The minimum atomic E-state index is -1.00. The molecule has 18 heavy (non-hydrogen) atoms. The van der Waals surface area contributed by atoms with Crippen LogP contribution < -0.4 is 10.6 Å². The minimum Gasteiger partial charge on any atom is -0.480 e. The lowest BCUT2D eigenvalue weighted by atomic mass is 9.91. The summed E-state index contributed by atoms with van der Waals surface area (Å²) in [6.45, 7) is 10.5. The monoisotopic (exact) mass is 258 g/mol. The third-order valence-corrected chi connectivity index (χ3v) is 2.61. The molecule has 0 spiro atoms. The number of hydrogen-bond donors (Lipinski definition) is 3. The molecule has 0 aromatic rings. The summed E-state index contributed by atoms with van der Waals surface area (Å²) in [7, 11) is 0. The van der Waals surface area contributed by atoms with Crippen molar-refractivity contribution in [1.29, 1.82) is 0 Å². The third kappa shape index (κ3) is 7.92. The molecule has 0 aliphatic carbocycles. The smallest absolute Gasteiger partial charge is 0.326 e. The number of hydrogen-bond acceptors (Lipinski definition) is 2. The fourth-order valence-electron chi connectivity index (χ4n) is 1.53. The van der Waals surface area contributed by atoms with Crippen LogP contribution in [0.25, 0.3) is 0 Å². The molecule has 0 aromatic carbocycles. The maximum absolute atomic E-state index is 11.5. The van der Waals surface area contributed by atoms with E-state index < -0.39 is 18.0 Å². The van der Waals surface area contributed by atoms with Gasteiger partial charge in [0, 0.05) is 6.54 Å². The SMILES string of the molecule is CC(C)C(NC(=O)NCCCC(C)(C)C)C(=O)O. The van der Waals surface area contributed by atoms with E-state index in [-0.39, 0.29) is 11.3 Å². The van der Waals surface area contributed by atoms with E-state index >= 15 is 0 Å². The van der Waals surface area contributed by atoms with Gasteiger partial charge in [-0.3, -0.25) is 0 Å². The molecule has 0 heterocycles. The lowest BCUT2D eigenvalue weighted by molar-refractivity contribution is -0.140. The Morgan fingerprint density at radius 1 is 1.22 bits per heavy atom. The number of carboxylic acids is 1. The molecule has 106 valence electrons. The Morgan fingerprint density at radius 3 is 2.17 bits per heavy atom. The van der Waals surface area contributed by atoms with Crippen LogP contribution in [0.1, 0.15) is 47.5 Å². The summed E-state index contributed by atoms with van der Waals surface area (Å²) >= 11 is 0. The highest BCUT2D eigenvalue weighted by Crippen LogP contribution is 2.19. The zero-order valence-corrected chi connectivity index (χ0v) is 12.0. The number of urea groups is 1. The van der Waals surface area contributed by atoms with Crippen LogP contribution >= 0.6 is 0 Å². The van der Waals surface area contributed by atoms with Crippen LogP contribution in [0.3, 0.4) is 0 Å². The van der Waals surface area contributed by atoms with Crippen molar-refractivity contribution in [2.75, 3.05) is 6.54 Å². The van der Waals surface area contributed by atoms with E-state index in [1.54, 1.807) is 13.8 Å². The molecule has 0 fully saturated rings. The molecule has 0 rings (SSSR count). The molecule has 2 amide bonds. The van der Waals surface area contributed by atoms with Crippen LogP contribution in [0.15, 0.2) is 0 Å². The molecule has 0 saturated heterocycles. The zero-order valence-electron chi connectivity index (χ0n) is 12.0. The molecule has 3 N–H and O–H groups in total. The number of rotatable bonds is 6. The average molecular weight is 258 g/mol. The van der Waals surface area contributed by atoms with Gasteiger partial charge in [-0.25, -0.2) is 9.59 Å². The summed E-state index contributed by atoms with van der Waals surface area (Å²) in [4.78, 5) is 22.4. The molecular formula is C13H26N2O3. The zero-order chi connectivity index (χ0) is 14.3. The Bertz CT molecular complexity index is 282. The minimum absolute atomic E-state index is 0.136. The van der Waals surface area contributed by atoms with Gasteiger partial charge in [-0.1, -0.05) is 34.6 Å². The Hall–Kier alpha value is -1.26. The number of aliphatic carboxylic acids is 1. The summed E-state index contributed by atoms with van der Waals surface area (Å²) in [5.74, 6) is -1.14. The van der Waals surface area contributed by atoms with Gasteiger partial charge in [0.2, 0.25) is 0 Å². The van der Waals surface area contributed by atoms with Crippen molar-refractivity contribution >= 4 is 12.0 Å². The quantitative estimate of drug-likeness (QED) is 0.639. The van der Waals surface area contributed by atoms with Crippen LogP contribution in [0.4, 0.5) is 4.79 Å². The van der Waals surface area contributed by atoms with Gasteiger partial charge in [0.25, 0.3) is 0 Å². The molecular weight excluding hydrogens is 232 g/mol. The summed E-state index contributed by atoms with van der Waals surface area (Å²) in [5.41, 5.74) is 0.250. The van der Waals surface area contributed by atoms with E-state index in [0.29, 0.717) is 6.54 Å². The van der Waals surface area contributed by atoms with Crippen LogP contribution in [-0.4, -0.2) is 29.7 Å². The van der Waals surface area contributed by atoms with Crippen molar-refractivity contribution in [2.24, 2.45) is 11.3 Å². The summed E-state index contributed by atoms with van der Waals surface area (Å²) in [6.07, 6.45) is 1.90. The van der Waals surface area contributed by atoms with Crippen LogP contribution in [0.5, 0.6) is 0 Å². The molecule has 0 radical (unpaired) electrons. The summed E-state index contributed by atoms with van der Waals surface area (Å²) < 4.78 is 0. The molecule has 0 saturated carbocycles. The van der Waals surface area contributed by atoms with E-state index in [4.69, 9.17) is 5.11 Å². The van der Waals surface area contributed by atoms with Crippen molar-refractivity contribution < 1.29 is 14.7 Å². The first-order valence-electron chi connectivity index (χ1n) is 6.40. The van der Waals surface area contributed by atoms with Gasteiger partial charge in [-0.05, 0) is 24.2 Å². The molecule has 1 unspecified atom stereocenters. The van der Waals surface area contributed by atoms with Gasteiger partial charge in [-0.2, -0.15) is 0 Å². The number of carboxylic acid groups (broad SMARTS) is 1. The highest BCUT2D eigenvalue weighted by atomic mass is 16.4. The van der Waals surface area contributed by atoms with Crippen molar-refractivity contribution in [2.45, 2.75) is 53.5 Å². The topological polar surface area (TPSA) is 78.4 Å². The normalized spacial score (nSPS) is 13.2. The fourth-order valence-corrected chi connectivity index (χ4v) is 1.53. The first-order valence-corrected chi connectivity index (χ1v) is 6.40. The van der Waals surface area contributed by atoms with Crippen LogP contribution in [0, 0.1) is 11.3 Å². The molecule has 0 bridgehead atoms. The van der Waals surface area contributed by atoms with Crippen LogP contribution in [0.2, 0.25) is 0 Å². The molecule has 0 aromatic heterocycles. The van der Waals surface area contributed by atoms with E-state index in [0.717, 1.165) is 12.8 Å². The van der Waals surface area contributed by atoms with Gasteiger partial charge in [0.15, 0.2) is 0 Å². The maximum Gasteiger partial charge on any atom is 0.326 e. The second-order valence-corrected chi connectivity index (χ2v) is 6.12. The van der Waals surface area contributed by atoms with Gasteiger partial charge in [0.05, 0.1) is 0 Å². The lowest BCUT2D eigenvalue weighted by Crippen LogP contribution is -2.48. The molecule has 0 aliphatic rings. The number of nitrogens with one attached hydrogen (secondary N) is 2. The maximum atomic E-state index is 11.5. The predicted molar refractivity (Wildman–Crippen MR) is 71.5 cm³/mol. The van der Waals surface area contributed by atoms with Gasteiger partial charge < -0.3 is 15.7 Å². The highest BCUT2D eigenvalue weighted by molar-refractivity contribution is 5.82. The Labute approximate surface area is 109 Å². The number of carbonyl (C=O) groups is 2. The third-order valence-electron chi connectivity index (χ3n) is 2.61. The van der Waals surface area contributed by atoms with Gasteiger partial charge in [-0.15, -0.1) is 0 Å². The van der Waals surface area contributed by atoms with E-state index in [9.17, 15) is 9.59 Å². The first-order chi connectivity index (χ1) is 8.13. The largest absolute Gasteiger partial charge is 0.480 e. The van der Waals surface area contributed by atoms with Gasteiger partial charge >= 0.3 is 12.0 Å². The van der Waals surface area contributed by atoms with E-state index in [2.05, 4.69) is 31.4 Å². The molecule has 0 aliphatic heterocycles. The van der Waals surface area contributed by atoms with Crippen molar-refractivity contribution in [3.8, 4) is 0 Å². The Morgan fingerprint density at radius 2 is 1.78 bits per heavy atom. The van der Waals surface area contributed by atoms with Crippen molar-refractivity contribution in [1.82, 2.24) is 10.6 Å². The molecule has 1 atom stereocenters. The predicted octanol–water partition coefficient (Wildman–Crippen LogP) is 2.22. The summed E-state index contributed by atoms with van der Waals surface area (Å²) in [5, 5.41) is 14.1. The van der Waals surface area contributed by atoms with Crippen molar-refractivity contribution in [3.63, 3.8) is 0 Å². The van der Waals surface area contributed by atoms with E-state index in [1.807, 2.05) is 0 Å². The van der Waals surface area contributed by atoms with Gasteiger partial charge in [0.1, 0.15) is 6.04 Å². The average Bonchev–Trinajstić information content (AvgIpc) is 2.18. The standard InChI is InChI=1S/C13H26N2O3/c1-9(2)10(11(16)17)15-12(18)14-8-6-7-13(3,4)5/h9-10H,6-8H2,1-5H3,(H,16,17)(H2,14,15,18). The Kier molecular flexibility index (Phi) is 6.73. The van der Waals surface area contributed by atoms with Crippen LogP contribution in [-0.2, 0) is 4.79 Å². The summed E-state index contributed by atoms with van der Waals surface area (Å²) in [6, 6.07) is -1.25. The number of amides is 2. The highest BCUT2D eigenvalue weighted by Gasteiger charge is 2.23. The lowest BCUT2D eigenvalue weighted by Gasteiger charge is -2.20. The second kappa shape index (κ2) is 7.24. The van der Waals surface area contributed by atoms with Crippen molar-refractivity contribution in [3.05, 3.63) is 0 Å². The van der Waals surface area contributed by atoms with E-state index in [1.165, 1.54) is 0 Å². The first kappa shape index (κ1) is 16.7. The fraction of sp³-hybridized carbons (Fsp3) is 0.846. The molecule has 5 heteroatoms. The number of carbonyl (C=O) groups excluding carboxylic acids is 1.